The zero-order valence-corrected chi connectivity index (χ0v) is 20.3. The number of hydrogen-bond donors (Lipinski definition) is 2. The van der Waals surface area contributed by atoms with Crippen molar-refractivity contribution in [3.05, 3.63) is 47.5 Å². The van der Waals surface area contributed by atoms with E-state index in [0.717, 1.165) is 60.6 Å². The summed E-state index contributed by atoms with van der Waals surface area (Å²) in [6.45, 7) is 7.79. The molecule has 0 saturated carbocycles. The van der Waals surface area contributed by atoms with Gasteiger partial charge in [-0.3, -0.25) is 0 Å². The normalized spacial score (nSPS) is 14.7. The molecule has 6 nitrogen and oxygen atoms in total. The minimum absolute atomic E-state index is 0.0531. The predicted molar refractivity (Wildman–Crippen MR) is 133 cm³/mol. The zero-order chi connectivity index (χ0) is 23.5. The van der Waals surface area contributed by atoms with Crippen molar-refractivity contribution in [3.63, 3.8) is 0 Å². The number of nitrogens with zero attached hydrogens (tertiary/aromatic N) is 1. The van der Waals surface area contributed by atoms with Gasteiger partial charge >= 0.3 is 6.03 Å². The zero-order valence-electron chi connectivity index (χ0n) is 20.3. The van der Waals surface area contributed by atoms with Gasteiger partial charge in [0, 0.05) is 41.3 Å². The molecule has 0 aliphatic carbocycles. The number of hydrogen-bond acceptors (Lipinski definition) is 3. The number of methoxy groups -OCH3 is 2. The molecule has 33 heavy (non-hydrogen) atoms. The predicted octanol–water partition coefficient (Wildman–Crippen LogP) is 5.71. The second-order valence-corrected chi connectivity index (χ2v) is 9.07. The van der Waals surface area contributed by atoms with Crippen LogP contribution >= 0.6 is 0 Å². The van der Waals surface area contributed by atoms with Gasteiger partial charge in [0.05, 0.1) is 14.2 Å². The Morgan fingerprint density at radius 1 is 1.09 bits per heavy atom. The second kappa shape index (κ2) is 9.77. The molecule has 0 spiro atoms. The lowest BCUT2D eigenvalue weighted by Gasteiger charge is -2.32. The molecular formula is C27H35N3O3. The molecule has 1 aromatic heterocycles. The number of ether oxygens (including phenoxy) is 2. The number of aryl methyl sites for hydroxylation is 1. The number of fused-ring (bicyclic) bond motifs is 1. The summed E-state index contributed by atoms with van der Waals surface area (Å²) in [5, 5.41) is 4.28. The molecule has 2 heterocycles. The van der Waals surface area contributed by atoms with Gasteiger partial charge in [0.15, 0.2) is 11.5 Å². The molecule has 2 N–H and O–H groups in total. The number of amides is 2. The number of urea groups is 1. The Morgan fingerprint density at radius 3 is 2.45 bits per heavy atom. The highest BCUT2D eigenvalue weighted by atomic mass is 16.5. The first-order valence-corrected chi connectivity index (χ1v) is 11.9. The smallest absolute Gasteiger partial charge is 0.317 e. The van der Waals surface area contributed by atoms with Crippen molar-refractivity contribution in [3.8, 4) is 22.8 Å². The van der Waals surface area contributed by atoms with Gasteiger partial charge in [0.25, 0.3) is 0 Å². The van der Waals surface area contributed by atoms with Crippen LogP contribution in [0.4, 0.5) is 4.79 Å². The molecule has 0 bridgehead atoms. The Hall–Kier alpha value is -3.15. The molecule has 2 aromatic carbocycles. The fraction of sp³-hybridized carbons (Fsp3) is 0.444. The van der Waals surface area contributed by atoms with E-state index in [1.165, 1.54) is 16.5 Å². The van der Waals surface area contributed by atoms with E-state index in [9.17, 15) is 4.79 Å². The Morgan fingerprint density at radius 2 is 1.82 bits per heavy atom. The number of nitrogens with one attached hydrogen (secondary N) is 2. The quantitative estimate of drug-likeness (QED) is 0.506. The van der Waals surface area contributed by atoms with Gasteiger partial charge in [-0.05, 0) is 80.5 Å². The standard InChI is InChI=1S/C27H35N3O3/c1-6-21-22-15-19(18-11-13-30(14-12-18)27(31)28-17(2)3)7-9-23(22)29-26(21)20-8-10-24(32-4)25(16-20)33-5/h7-10,15-18,29H,6,11-14H2,1-5H3,(H,28,31). The molecule has 2 amide bonds. The van der Waals surface area contributed by atoms with Gasteiger partial charge in [0.1, 0.15) is 0 Å². The van der Waals surface area contributed by atoms with Crippen molar-refractivity contribution < 1.29 is 14.3 Å². The van der Waals surface area contributed by atoms with Crippen LogP contribution in [0.3, 0.4) is 0 Å². The summed E-state index contributed by atoms with van der Waals surface area (Å²) in [6, 6.07) is 13.1. The van der Waals surface area contributed by atoms with Gasteiger partial charge in [-0.25, -0.2) is 4.79 Å². The summed E-state index contributed by atoms with van der Waals surface area (Å²) in [7, 11) is 3.32. The van der Waals surface area contributed by atoms with Gasteiger partial charge in [-0.2, -0.15) is 0 Å². The average molecular weight is 450 g/mol. The van der Waals surface area contributed by atoms with Crippen molar-refractivity contribution in [2.45, 2.75) is 52.0 Å². The highest BCUT2D eigenvalue weighted by Crippen LogP contribution is 2.38. The SMILES string of the molecule is CCc1c(-c2ccc(OC)c(OC)c2)[nH]c2ccc(C3CCN(C(=O)NC(C)C)CC3)cc12. The lowest BCUT2D eigenvalue weighted by Crippen LogP contribution is -2.46. The van der Waals surface area contributed by atoms with E-state index in [-0.39, 0.29) is 12.1 Å². The maximum Gasteiger partial charge on any atom is 0.317 e. The van der Waals surface area contributed by atoms with Crippen molar-refractivity contribution in [1.29, 1.82) is 0 Å². The van der Waals surface area contributed by atoms with Crippen LogP contribution in [0.15, 0.2) is 36.4 Å². The number of aromatic amines is 1. The summed E-state index contributed by atoms with van der Waals surface area (Å²) >= 11 is 0. The molecule has 1 saturated heterocycles. The Kier molecular flexibility index (Phi) is 6.82. The van der Waals surface area contributed by atoms with Crippen LogP contribution in [-0.4, -0.2) is 49.3 Å². The summed E-state index contributed by atoms with van der Waals surface area (Å²) in [6.07, 6.45) is 2.91. The van der Waals surface area contributed by atoms with Gasteiger partial charge in [-0.1, -0.05) is 13.0 Å². The molecule has 0 unspecified atom stereocenters. The van der Waals surface area contributed by atoms with Gasteiger partial charge < -0.3 is 24.7 Å². The van der Waals surface area contributed by atoms with Crippen molar-refractivity contribution >= 4 is 16.9 Å². The maximum atomic E-state index is 12.3. The largest absolute Gasteiger partial charge is 0.493 e. The van der Waals surface area contributed by atoms with Crippen molar-refractivity contribution in [2.24, 2.45) is 0 Å². The molecule has 1 fully saturated rings. The summed E-state index contributed by atoms with van der Waals surface area (Å²) in [5.74, 6) is 1.93. The third kappa shape index (κ3) is 4.65. The second-order valence-electron chi connectivity index (χ2n) is 9.07. The first-order valence-electron chi connectivity index (χ1n) is 11.9. The third-order valence-electron chi connectivity index (χ3n) is 6.62. The van der Waals surface area contributed by atoms with Crippen molar-refractivity contribution in [2.75, 3.05) is 27.3 Å². The number of carbonyl (C=O) groups is 1. The maximum absolute atomic E-state index is 12.3. The van der Waals surface area contributed by atoms with Crippen LogP contribution in [0.2, 0.25) is 0 Å². The Balaban J connectivity index is 1.60. The monoisotopic (exact) mass is 449 g/mol. The van der Waals surface area contributed by atoms with E-state index in [0.29, 0.717) is 5.92 Å². The average Bonchev–Trinajstić information content (AvgIpc) is 3.21. The molecule has 6 heteroatoms. The van der Waals surface area contributed by atoms with Crippen LogP contribution in [0.5, 0.6) is 11.5 Å². The molecule has 1 aliphatic rings. The topological polar surface area (TPSA) is 66.6 Å². The van der Waals surface area contributed by atoms with E-state index < -0.39 is 0 Å². The minimum Gasteiger partial charge on any atom is -0.493 e. The number of H-pyrrole nitrogens is 1. The number of piperidine rings is 1. The van der Waals surface area contributed by atoms with Crippen LogP contribution in [0.1, 0.15) is 50.7 Å². The number of aromatic nitrogens is 1. The molecule has 176 valence electrons. The summed E-state index contributed by atoms with van der Waals surface area (Å²) in [4.78, 5) is 17.9. The fourth-order valence-electron chi connectivity index (χ4n) is 4.88. The number of benzene rings is 2. The molecule has 3 aromatic rings. The highest BCUT2D eigenvalue weighted by Gasteiger charge is 2.25. The first kappa shape index (κ1) is 23.0. The van der Waals surface area contributed by atoms with Gasteiger partial charge in [0.2, 0.25) is 0 Å². The Labute approximate surface area is 196 Å². The van der Waals surface area contributed by atoms with E-state index in [2.05, 4.69) is 41.5 Å². The van der Waals surface area contributed by atoms with E-state index in [1.807, 2.05) is 30.9 Å². The van der Waals surface area contributed by atoms with Crippen LogP contribution in [0, 0.1) is 0 Å². The van der Waals surface area contributed by atoms with Crippen molar-refractivity contribution in [1.82, 2.24) is 15.2 Å². The molecular weight excluding hydrogens is 414 g/mol. The minimum atomic E-state index is 0.0531. The summed E-state index contributed by atoms with van der Waals surface area (Å²) < 4.78 is 10.9. The van der Waals surface area contributed by atoms with E-state index in [4.69, 9.17) is 9.47 Å². The van der Waals surface area contributed by atoms with Crippen LogP contribution in [-0.2, 0) is 6.42 Å². The highest BCUT2D eigenvalue weighted by molar-refractivity contribution is 5.91. The van der Waals surface area contributed by atoms with Crippen LogP contribution in [0.25, 0.3) is 22.2 Å². The lowest BCUT2D eigenvalue weighted by atomic mass is 9.88. The third-order valence-corrected chi connectivity index (χ3v) is 6.62. The molecule has 1 aliphatic heterocycles. The van der Waals surface area contributed by atoms with E-state index >= 15 is 0 Å². The molecule has 4 rings (SSSR count). The van der Waals surface area contributed by atoms with E-state index in [1.54, 1.807) is 14.2 Å². The molecule has 0 atom stereocenters. The number of likely N-dealkylation sites (tertiary alicyclic amines) is 1. The van der Waals surface area contributed by atoms with Crippen LogP contribution < -0.4 is 14.8 Å². The summed E-state index contributed by atoms with van der Waals surface area (Å²) in [5.41, 5.74) is 6.04. The molecule has 0 radical (unpaired) electrons. The van der Waals surface area contributed by atoms with Gasteiger partial charge in [-0.15, -0.1) is 0 Å². The Bertz CT molecular complexity index is 1130. The number of carbonyl (C=O) groups excluding carboxylic acids is 1. The number of rotatable bonds is 6. The lowest BCUT2D eigenvalue weighted by molar-refractivity contribution is 0.179. The first-order chi connectivity index (χ1) is 15.9. The fourth-order valence-corrected chi connectivity index (χ4v) is 4.88.